The fourth-order valence-electron chi connectivity index (χ4n) is 2.58. The van der Waals surface area contributed by atoms with E-state index in [4.69, 9.17) is 4.74 Å². The van der Waals surface area contributed by atoms with Crippen LogP contribution in [0.4, 0.5) is 0 Å². The molecular weight excluding hydrogens is 252 g/mol. The topological polar surface area (TPSA) is 51.1 Å². The van der Waals surface area contributed by atoms with Gasteiger partial charge in [0.2, 0.25) is 5.88 Å². The third-order valence-corrected chi connectivity index (χ3v) is 3.57. The fraction of sp³-hybridized carbons (Fsp3) is 0.400. The molecule has 0 saturated carbocycles. The van der Waals surface area contributed by atoms with E-state index in [0.717, 1.165) is 37.4 Å². The van der Waals surface area contributed by atoms with Crippen LogP contribution in [-0.4, -0.2) is 33.5 Å². The van der Waals surface area contributed by atoms with Crippen LogP contribution in [0, 0.1) is 6.92 Å². The van der Waals surface area contributed by atoms with Crippen molar-refractivity contribution in [2.24, 2.45) is 0 Å². The number of aromatic nitrogens is 3. The van der Waals surface area contributed by atoms with Gasteiger partial charge < -0.3 is 4.74 Å². The molecule has 104 valence electrons. The summed E-state index contributed by atoms with van der Waals surface area (Å²) >= 11 is 0. The molecule has 0 fully saturated rings. The van der Waals surface area contributed by atoms with Crippen molar-refractivity contribution < 1.29 is 4.74 Å². The highest BCUT2D eigenvalue weighted by molar-refractivity contribution is 5.26. The monoisotopic (exact) mass is 270 g/mol. The van der Waals surface area contributed by atoms with Crippen LogP contribution in [-0.2, 0) is 19.5 Å². The summed E-state index contributed by atoms with van der Waals surface area (Å²) in [6.45, 7) is 4.66. The van der Waals surface area contributed by atoms with Gasteiger partial charge in [0.1, 0.15) is 5.82 Å². The second-order valence-electron chi connectivity index (χ2n) is 5.02. The van der Waals surface area contributed by atoms with Crippen molar-refractivity contribution in [1.29, 1.82) is 0 Å². The first-order valence-corrected chi connectivity index (χ1v) is 6.78. The van der Waals surface area contributed by atoms with Crippen molar-refractivity contribution in [2.75, 3.05) is 13.7 Å². The number of aryl methyl sites for hydroxylation is 1. The molecule has 0 radical (unpaired) electrons. The van der Waals surface area contributed by atoms with Gasteiger partial charge in [0.05, 0.1) is 7.11 Å². The van der Waals surface area contributed by atoms with E-state index in [2.05, 4.69) is 25.9 Å². The largest absolute Gasteiger partial charge is 0.481 e. The van der Waals surface area contributed by atoms with Gasteiger partial charge in [-0.2, -0.15) is 0 Å². The predicted octanol–water partition coefficient (Wildman–Crippen LogP) is 1.75. The Kier molecular flexibility index (Phi) is 3.60. The van der Waals surface area contributed by atoms with Crippen LogP contribution in [0.2, 0.25) is 0 Å². The van der Waals surface area contributed by atoms with Crippen LogP contribution in [0.25, 0.3) is 0 Å². The molecule has 1 aliphatic rings. The molecule has 0 atom stereocenters. The lowest BCUT2D eigenvalue weighted by Crippen LogP contribution is -2.31. The molecule has 5 heteroatoms. The first-order chi connectivity index (χ1) is 9.76. The molecule has 3 heterocycles. The maximum Gasteiger partial charge on any atom is 0.217 e. The lowest BCUT2D eigenvalue weighted by Gasteiger charge is -2.28. The Hall–Kier alpha value is -2.01. The number of hydrogen-bond acceptors (Lipinski definition) is 5. The van der Waals surface area contributed by atoms with Crippen LogP contribution >= 0.6 is 0 Å². The Balaban J connectivity index is 1.76. The van der Waals surface area contributed by atoms with Gasteiger partial charge in [-0.05, 0) is 13.0 Å². The number of rotatable bonds is 3. The first-order valence-electron chi connectivity index (χ1n) is 6.78. The molecule has 0 aromatic carbocycles. The van der Waals surface area contributed by atoms with E-state index in [1.54, 1.807) is 13.3 Å². The Morgan fingerprint density at radius 3 is 3.10 bits per heavy atom. The van der Waals surface area contributed by atoms with Gasteiger partial charge in [-0.3, -0.25) is 4.90 Å². The number of ether oxygens (including phenoxy) is 1. The molecule has 2 aromatic heterocycles. The number of pyridine rings is 1. The normalized spacial score (nSPS) is 14.9. The van der Waals surface area contributed by atoms with Gasteiger partial charge in [-0.15, -0.1) is 0 Å². The Bertz CT molecular complexity index is 615. The van der Waals surface area contributed by atoms with Gasteiger partial charge in [0.15, 0.2) is 0 Å². The standard InChI is InChI=1S/C15H18N4O/c1-11-17-8-13-10-19(7-5-14(13)18-11)9-12-4-3-6-16-15(12)20-2/h3-4,6,8H,5,7,9-10H2,1-2H3. The van der Waals surface area contributed by atoms with Crippen LogP contribution in [0.1, 0.15) is 22.6 Å². The second-order valence-corrected chi connectivity index (χ2v) is 5.02. The van der Waals surface area contributed by atoms with E-state index >= 15 is 0 Å². The van der Waals surface area contributed by atoms with Crippen LogP contribution in [0.15, 0.2) is 24.5 Å². The van der Waals surface area contributed by atoms with E-state index in [1.807, 2.05) is 19.2 Å². The number of nitrogens with zero attached hydrogens (tertiary/aromatic N) is 4. The summed E-state index contributed by atoms with van der Waals surface area (Å²) in [7, 11) is 1.66. The summed E-state index contributed by atoms with van der Waals surface area (Å²) in [5, 5.41) is 0. The zero-order valence-corrected chi connectivity index (χ0v) is 11.8. The molecule has 0 unspecified atom stereocenters. The summed E-state index contributed by atoms with van der Waals surface area (Å²) < 4.78 is 5.31. The van der Waals surface area contributed by atoms with Crippen molar-refractivity contribution in [3.63, 3.8) is 0 Å². The maximum atomic E-state index is 5.31. The summed E-state index contributed by atoms with van der Waals surface area (Å²) in [4.78, 5) is 15.4. The minimum atomic E-state index is 0.707. The van der Waals surface area contributed by atoms with E-state index in [0.29, 0.717) is 5.88 Å². The molecule has 0 N–H and O–H groups in total. The smallest absolute Gasteiger partial charge is 0.217 e. The van der Waals surface area contributed by atoms with Gasteiger partial charge in [-0.1, -0.05) is 6.07 Å². The van der Waals surface area contributed by atoms with E-state index in [1.165, 1.54) is 11.3 Å². The third-order valence-electron chi connectivity index (χ3n) is 3.57. The Morgan fingerprint density at radius 2 is 2.25 bits per heavy atom. The maximum absolute atomic E-state index is 5.31. The SMILES string of the molecule is COc1ncccc1CN1CCc2nc(C)ncc2C1. The molecule has 0 spiro atoms. The molecule has 5 nitrogen and oxygen atoms in total. The van der Waals surface area contributed by atoms with E-state index in [9.17, 15) is 0 Å². The molecule has 0 bridgehead atoms. The Morgan fingerprint density at radius 1 is 1.35 bits per heavy atom. The van der Waals surface area contributed by atoms with Crippen molar-refractivity contribution in [3.8, 4) is 5.88 Å². The summed E-state index contributed by atoms with van der Waals surface area (Å²) in [5.41, 5.74) is 3.53. The lowest BCUT2D eigenvalue weighted by atomic mass is 10.1. The minimum Gasteiger partial charge on any atom is -0.481 e. The molecule has 2 aromatic rings. The average molecular weight is 270 g/mol. The number of hydrogen-bond donors (Lipinski definition) is 0. The van der Waals surface area contributed by atoms with Gasteiger partial charge >= 0.3 is 0 Å². The quantitative estimate of drug-likeness (QED) is 0.850. The van der Waals surface area contributed by atoms with Crippen molar-refractivity contribution in [3.05, 3.63) is 47.2 Å². The lowest BCUT2D eigenvalue weighted by molar-refractivity contribution is 0.238. The van der Waals surface area contributed by atoms with Crippen LogP contribution in [0.5, 0.6) is 5.88 Å². The average Bonchev–Trinajstić information content (AvgIpc) is 2.48. The van der Waals surface area contributed by atoms with E-state index < -0.39 is 0 Å². The zero-order valence-electron chi connectivity index (χ0n) is 11.8. The molecular formula is C15H18N4O. The molecule has 20 heavy (non-hydrogen) atoms. The fourth-order valence-corrected chi connectivity index (χ4v) is 2.58. The van der Waals surface area contributed by atoms with Gasteiger partial charge in [0.25, 0.3) is 0 Å². The van der Waals surface area contributed by atoms with Gasteiger partial charge in [0, 0.05) is 55.3 Å². The summed E-state index contributed by atoms with van der Waals surface area (Å²) in [6, 6.07) is 4.01. The van der Waals surface area contributed by atoms with Crippen LogP contribution in [0.3, 0.4) is 0 Å². The second kappa shape index (κ2) is 5.54. The molecule has 0 aliphatic carbocycles. The van der Waals surface area contributed by atoms with E-state index in [-0.39, 0.29) is 0 Å². The zero-order chi connectivity index (χ0) is 13.9. The molecule has 0 amide bonds. The Labute approximate surface area is 118 Å². The highest BCUT2D eigenvalue weighted by Gasteiger charge is 2.19. The summed E-state index contributed by atoms with van der Waals surface area (Å²) in [5.74, 6) is 1.56. The molecule has 3 rings (SSSR count). The minimum absolute atomic E-state index is 0.707. The van der Waals surface area contributed by atoms with Crippen molar-refractivity contribution in [2.45, 2.75) is 26.4 Å². The van der Waals surface area contributed by atoms with Crippen molar-refractivity contribution in [1.82, 2.24) is 19.9 Å². The number of fused-ring (bicyclic) bond motifs is 1. The van der Waals surface area contributed by atoms with Crippen LogP contribution < -0.4 is 4.74 Å². The predicted molar refractivity (Wildman–Crippen MR) is 75.4 cm³/mol. The highest BCUT2D eigenvalue weighted by Crippen LogP contribution is 2.21. The van der Waals surface area contributed by atoms with Gasteiger partial charge in [-0.25, -0.2) is 15.0 Å². The molecule has 0 saturated heterocycles. The third kappa shape index (κ3) is 2.63. The van der Waals surface area contributed by atoms with Crippen molar-refractivity contribution >= 4 is 0 Å². The highest BCUT2D eigenvalue weighted by atomic mass is 16.5. The first kappa shape index (κ1) is 13.0. The summed E-state index contributed by atoms with van der Waals surface area (Å²) in [6.07, 6.45) is 4.68. The molecule has 1 aliphatic heterocycles. The number of methoxy groups -OCH3 is 1.